The lowest BCUT2D eigenvalue weighted by molar-refractivity contribution is -0.184. The molecule has 0 saturated heterocycles. The smallest absolute Gasteiger partial charge is 0.171 e. The molecular weight excluding hydrogens is 209 g/mol. The molecule has 0 aliphatic carbocycles. The van der Waals surface area contributed by atoms with E-state index in [4.69, 9.17) is 0 Å². The molecule has 4 heteroatoms. The molecule has 0 amide bonds. The van der Waals surface area contributed by atoms with Crippen molar-refractivity contribution in [1.82, 2.24) is 0 Å². The van der Waals surface area contributed by atoms with E-state index in [0.29, 0.717) is 11.3 Å². The maximum atomic E-state index is 12.6. The van der Waals surface area contributed by atoms with Crippen molar-refractivity contribution in [2.75, 3.05) is 12.0 Å². The number of allylic oxidation sites excluding steroid dienone is 1. The standard InChI is InChI=1S/C10H17F3S/c1-7(2)5-9(10(11,12)13)8(3)6-14-4/h8-9H,1,5-6H2,2-4H3. The van der Waals surface area contributed by atoms with Crippen molar-refractivity contribution in [3.8, 4) is 0 Å². The summed E-state index contributed by atoms with van der Waals surface area (Å²) in [6.45, 7) is 6.84. The number of alkyl halides is 3. The third-order valence-corrected chi connectivity index (χ3v) is 2.96. The first-order valence-corrected chi connectivity index (χ1v) is 5.88. The van der Waals surface area contributed by atoms with Gasteiger partial charge in [0.1, 0.15) is 0 Å². The van der Waals surface area contributed by atoms with Gasteiger partial charge in [-0.15, -0.1) is 6.58 Å². The van der Waals surface area contributed by atoms with Crippen molar-refractivity contribution in [2.24, 2.45) is 11.8 Å². The molecule has 2 atom stereocenters. The van der Waals surface area contributed by atoms with Crippen LogP contribution >= 0.6 is 11.8 Å². The first-order valence-electron chi connectivity index (χ1n) is 4.49. The average molecular weight is 226 g/mol. The summed E-state index contributed by atoms with van der Waals surface area (Å²) in [6, 6.07) is 0. The Labute approximate surface area is 88.0 Å². The molecule has 0 N–H and O–H groups in total. The Morgan fingerprint density at radius 3 is 2.21 bits per heavy atom. The predicted molar refractivity (Wildman–Crippen MR) is 56.5 cm³/mol. The summed E-state index contributed by atoms with van der Waals surface area (Å²) in [5, 5.41) is 0. The van der Waals surface area contributed by atoms with Crippen LogP contribution in [0.1, 0.15) is 20.3 Å². The van der Waals surface area contributed by atoms with Gasteiger partial charge in [-0.1, -0.05) is 12.5 Å². The second-order valence-electron chi connectivity index (χ2n) is 3.74. The Bertz CT molecular complexity index is 186. The molecule has 14 heavy (non-hydrogen) atoms. The number of rotatable bonds is 5. The summed E-state index contributed by atoms with van der Waals surface area (Å²) in [5.74, 6) is -1.05. The predicted octanol–water partition coefficient (Wildman–Crippen LogP) is 4.13. The lowest BCUT2D eigenvalue weighted by Crippen LogP contribution is -2.30. The highest BCUT2D eigenvalue weighted by molar-refractivity contribution is 7.98. The molecule has 0 aromatic rings. The Kier molecular flexibility index (Phi) is 5.64. The van der Waals surface area contributed by atoms with Crippen molar-refractivity contribution in [2.45, 2.75) is 26.4 Å². The van der Waals surface area contributed by atoms with Crippen LogP contribution in [0.3, 0.4) is 0 Å². The highest BCUT2D eigenvalue weighted by Crippen LogP contribution is 2.37. The van der Waals surface area contributed by atoms with Crippen LogP contribution in [0.25, 0.3) is 0 Å². The maximum absolute atomic E-state index is 12.6. The topological polar surface area (TPSA) is 0 Å². The van der Waals surface area contributed by atoms with Crippen LogP contribution in [0.2, 0.25) is 0 Å². The van der Waals surface area contributed by atoms with Gasteiger partial charge < -0.3 is 0 Å². The third kappa shape index (κ3) is 4.94. The van der Waals surface area contributed by atoms with Gasteiger partial charge in [0.25, 0.3) is 0 Å². The Hall–Kier alpha value is -0.120. The molecule has 0 aliphatic heterocycles. The molecule has 0 spiro atoms. The highest BCUT2D eigenvalue weighted by atomic mass is 32.2. The van der Waals surface area contributed by atoms with Crippen molar-refractivity contribution in [3.05, 3.63) is 12.2 Å². The summed E-state index contributed by atoms with van der Waals surface area (Å²) < 4.78 is 37.8. The van der Waals surface area contributed by atoms with Gasteiger partial charge in [0, 0.05) is 0 Å². The minimum Gasteiger partial charge on any atom is -0.171 e. The zero-order valence-electron chi connectivity index (χ0n) is 8.82. The Balaban J connectivity index is 4.46. The van der Waals surface area contributed by atoms with Gasteiger partial charge in [0.05, 0.1) is 5.92 Å². The second kappa shape index (κ2) is 5.69. The van der Waals surface area contributed by atoms with E-state index >= 15 is 0 Å². The molecule has 0 radical (unpaired) electrons. The molecule has 0 fully saturated rings. The molecule has 0 heterocycles. The molecule has 0 rings (SSSR count). The van der Waals surface area contributed by atoms with E-state index in [9.17, 15) is 13.2 Å². The molecule has 2 unspecified atom stereocenters. The molecule has 0 aromatic carbocycles. The fourth-order valence-corrected chi connectivity index (χ4v) is 2.15. The Morgan fingerprint density at radius 2 is 1.93 bits per heavy atom. The fraction of sp³-hybridized carbons (Fsp3) is 0.800. The molecule has 0 nitrogen and oxygen atoms in total. The van der Waals surface area contributed by atoms with Crippen LogP contribution in [0.5, 0.6) is 0 Å². The molecule has 0 bridgehead atoms. The van der Waals surface area contributed by atoms with E-state index < -0.39 is 12.1 Å². The van der Waals surface area contributed by atoms with Crippen molar-refractivity contribution >= 4 is 11.8 Å². The molecule has 0 aliphatic rings. The highest BCUT2D eigenvalue weighted by Gasteiger charge is 2.42. The average Bonchev–Trinajstić information content (AvgIpc) is 1.98. The van der Waals surface area contributed by atoms with E-state index in [2.05, 4.69) is 6.58 Å². The Morgan fingerprint density at radius 1 is 1.43 bits per heavy atom. The van der Waals surface area contributed by atoms with Gasteiger partial charge in [0.15, 0.2) is 0 Å². The van der Waals surface area contributed by atoms with Gasteiger partial charge in [-0.25, -0.2) is 0 Å². The zero-order chi connectivity index (χ0) is 11.4. The molecular formula is C10H17F3S. The van der Waals surface area contributed by atoms with Crippen molar-refractivity contribution < 1.29 is 13.2 Å². The van der Waals surface area contributed by atoms with Crippen LogP contribution in [0.4, 0.5) is 13.2 Å². The zero-order valence-corrected chi connectivity index (χ0v) is 9.63. The van der Waals surface area contributed by atoms with E-state index in [-0.39, 0.29) is 12.3 Å². The van der Waals surface area contributed by atoms with Crippen LogP contribution in [-0.2, 0) is 0 Å². The third-order valence-electron chi connectivity index (χ3n) is 2.11. The van der Waals surface area contributed by atoms with Crippen molar-refractivity contribution in [3.63, 3.8) is 0 Å². The minimum atomic E-state index is -4.10. The van der Waals surface area contributed by atoms with E-state index in [0.717, 1.165) is 0 Å². The lowest BCUT2D eigenvalue weighted by atomic mass is 9.89. The number of hydrogen-bond acceptors (Lipinski definition) is 1. The minimum absolute atomic E-state index is 0.0469. The van der Waals surface area contributed by atoms with Crippen molar-refractivity contribution in [1.29, 1.82) is 0 Å². The number of hydrogen-bond donors (Lipinski definition) is 0. The quantitative estimate of drug-likeness (QED) is 0.635. The summed E-state index contributed by atoms with van der Waals surface area (Å²) in [4.78, 5) is 0. The maximum Gasteiger partial charge on any atom is 0.392 e. The molecule has 0 aromatic heterocycles. The van der Waals surface area contributed by atoms with Gasteiger partial charge in [-0.05, 0) is 31.3 Å². The van der Waals surface area contributed by atoms with Gasteiger partial charge >= 0.3 is 6.18 Å². The lowest BCUT2D eigenvalue weighted by Gasteiger charge is -2.26. The van der Waals surface area contributed by atoms with E-state index in [1.807, 2.05) is 6.26 Å². The molecule has 84 valence electrons. The summed E-state index contributed by atoms with van der Waals surface area (Å²) in [7, 11) is 0. The first kappa shape index (κ1) is 13.9. The number of thioether (sulfide) groups is 1. The van der Waals surface area contributed by atoms with E-state index in [1.165, 1.54) is 11.8 Å². The SMILES string of the molecule is C=C(C)CC(C(C)CSC)C(F)(F)F. The number of halogens is 3. The first-order chi connectivity index (χ1) is 6.29. The largest absolute Gasteiger partial charge is 0.392 e. The monoisotopic (exact) mass is 226 g/mol. The van der Waals surface area contributed by atoms with Gasteiger partial charge in [-0.2, -0.15) is 24.9 Å². The van der Waals surface area contributed by atoms with Gasteiger partial charge in [0.2, 0.25) is 0 Å². The van der Waals surface area contributed by atoms with Crippen LogP contribution in [-0.4, -0.2) is 18.2 Å². The van der Waals surface area contributed by atoms with Gasteiger partial charge in [-0.3, -0.25) is 0 Å². The summed E-state index contributed by atoms with van der Waals surface area (Å²) >= 11 is 1.45. The molecule has 0 saturated carbocycles. The summed E-state index contributed by atoms with van der Waals surface area (Å²) in [6.07, 6.45) is -2.23. The van der Waals surface area contributed by atoms with E-state index in [1.54, 1.807) is 13.8 Å². The van der Waals surface area contributed by atoms with Crippen LogP contribution in [0.15, 0.2) is 12.2 Å². The van der Waals surface area contributed by atoms with Crippen LogP contribution < -0.4 is 0 Å². The summed E-state index contributed by atoms with van der Waals surface area (Å²) in [5.41, 5.74) is 0.597. The second-order valence-corrected chi connectivity index (χ2v) is 4.65. The fourth-order valence-electron chi connectivity index (χ4n) is 1.39. The normalized spacial score (nSPS) is 16.4. The van der Waals surface area contributed by atoms with Crippen LogP contribution in [0, 0.1) is 11.8 Å².